The minimum Gasteiger partial charge on any atom is -0.393 e. The van der Waals surface area contributed by atoms with Crippen LogP contribution in [0.1, 0.15) is 64.9 Å². The number of rotatable bonds is 3. The number of benzene rings is 1. The van der Waals surface area contributed by atoms with Crippen LogP contribution in [0.3, 0.4) is 0 Å². The van der Waals surface area contributed by atoms with Gasteiger partial charge in [0.15, 0.2) is 5.78 Å². The van der Waals surface area contributed by atoms with Crippen LogP contribution in [0.25, 0.3) is 0 Å². The summed E-state index contributed by atoms with van der Waals surface area (Å²) in [6.45, 7) is 5.89. The standard InChI is InChI=1S/C24H29N3O3/c1-14-22-20(11-24(2,3)12-21(22)29)27(23(14)30)17-7-4-15(13-25)19(10-17)26-16-5-8-18(28)9-6-16/h4,7,10,16,18,20,26,28H,5-6,8-9,11-12H2,1-3H3. The number of aliphatic hydroxyl groups is 1. The van der Waals surface area contributed by atoms with Crippen LogP contribution in [0.2, 0.25) is 0 Å². The van der Waals surface area contributed by atoms with E-state index in [1.165, 1.54) is 0 Å². The zero-order chi connectivity index (χ0) is 21.6. The number of fused-ring (bicyclic) bond motifs is 1. The number of Topliss-reactive ketones (excluding diaryl/α,β-unsaturated/α-hetero) is 1. The molecule has 1 aromatic rings. The van der Waals surface area contributed by atoms with E-state index in [1.54, 1.807) is 24.0 Å². The average Bonchev–Trinajstić information content (AvgIpc) is 2.93. The number of nitrogens with zero attached hydrogens (tertiary/aromatic N) is 2. The van der Waals surface area contributed by atoms with E-state index in [-0.39, 0.29) is 35.3 Å². The largest absolute Gasteiger partial charge is 0.393 e. The summed E-state index contributed by atoms with van der Waals surface area (Å²) in [4.78, 5) is 27.6. The lowest BCUT2D eigenvalue weighted by molar-refractivity contribution is -0.119. The fourth-order valence-electron chi connectivity index (χ4n) is 5.17. The first-order valence-electron chi connectivity index (χ1n) is 10.8. The van der Waals surface area contributed by atoms with Crippen LogP contribution < -0.4 is 10.2 Å². The SMILES string of the molecule is CC1=C2C(=O)CC(C)(C)CC2N(c2ccc(C#N)c(NC3CCC(O)CC3)c2)C1=O. The summed E-state index contributed by atoms with van der Waals surface area (Å²) in [5.74, 6) is -0.0603. The molecule has 0 bridgehead atoms. The summed E-state index contributed by atoms with van der Waals surface area (Å²) in [5, 5.41) is 22.8. The highest BCUT2D eigenvalue weighted by atomic mass is 16.3. The number of carbonyl (C=O) groups excluding carboxylic acids is 2. The molecule has 1 aliphatic heterocycles. The Morgan fingerprint density at radius 3 is 2.57 bits per heavy atom. The molecular formula is C24H29N3O3. The highest BCUT2D eigenvalue weighted by Crippen LogP contribution is 2.45. The van der Waals surface area contributed by atoms with E-state index in [9.17, 15) is 20.0 Å². The molecule has 2 aliphatic carbocycles. The number of aliphatic hydroxyl groups excluding tert-OH is 1. The van der Waals surface area contributed by atoms with Gasteiger partial charge in [0.25, 0.3) is 5.91 Å². The summed E-state index contributed by atoms with van der Waals surface area (Å²) >= 11 is 0. The number of ketones is 1. The maximum atomic E-state index is 13.1. The van der Waals surface area contributed by atoms with Crippen LogP contribution in [0, 0.1) is 16.7 Å². The smallest absolute Gasteiger partial charge is 0.254 e. The molecule has 30 heavy (non-hydrogen) atoms. The van der Waals surface area contributed by atoms with Crippen LogP contribution in [0.5, 0.6) is 0 Å². The summed E-state index contributed by atoms with van der Waals surface area (Å²) < 4.78 is 0. The number of hydrogen-bond donors (Lipinski definition) is 2. The van der Waals surface area contributed by atoms with Crippen LogP contribution in [-0.2, 0) is 9.59 Å². The molecule has 0 aromatic heterocycles. The molecule has 2 saturated carbocycles. The molecular weight excluding hydrogens is 378 g/mol. The van der Waals surface area contributed by atoms with Gasteiger partial charge < -0.3 is 15.3 Å². The van der Waals surface area contributed by atoms with Crippen LogP contribution in [0.4, 0.5) is 11.4 Å². The van der Waals surface area contributed by atoms with Gasteiger partial charge in [-0.05, 0) is 62.6 Å². The van der Waals surface area contributed by atoms with Crippen LogP contribution in [0.15, 0.2) is 29.3 Å². The molecule has 1 atom stereocenters. The van der Waals surface area contributed by atoms with Crippen molar-refractivity contribution in [3.8, 4) is 6.07 Å². The van der Waals surface area contributed by atoms with Gasteiger partial charge in [-0.3, -0.25) is 9.59 Å². The van der Waals surface area contributed by atoms with Crippen molar-refractivity contribution in [1.82, 2.24) is 0 Å². The minimum absolute atomic E-state index is 0.0670. The summed E-state index contributed by atoms with van der Waals surface area (Å²) in [6.07, 6.45) is 4.13. The fraction of sp³-hybridized carbons (Fsp3) is 0.542. The Hall–Kier alpha value is -2.65. The second kappa shape index (κ2) is 7.55. The molecule has 1 amide bonds. The molecule has 0 spiro atoms. The second-order valence-electron chi connectivity index (χ2n) is 9.69. The Labute approximate surface area is 177 Å². The van der Waals surface area contributed by atoms with E-state index in [2.05, 4.69) is 25.2 Å². The van der Waals surface area contributed by atoms with Gasteiger partial charge in [-0.15, -0.1) is 0 Å². The van der Waals surface area contributed by atoms with Gasteiger partial charge in [0.2, 0.25) is 0 Å². The second-order valence-corrected chi connectivity index (χ2v) is 9.69. The zero-order valence-corrected chi connectivity index (χ0v) is 17.9. The Bertz CT molecular complexity index is 964. The van der Waals surface area contributed by atoms with Gasteiger partial charge >= 0.3 is 0 Å². The molecule has 158 valence electrons. The quantitative estimate of drug-likeness (QED) is 0.797. The first-order chi connectivity index (χ1) is 14.2. The molecule has 0 saturated heterocycles. The zero-order valence-electron chi connectivity index (χ0n) is 17.9. The number of anilines is 2. The van der Waals surface area contributed by atoms with Crippen molar-refractivity contribution in [3.05, 3.63) is 34.9 Å². The van der Waals surface area contributed by atoms with Crippen LogP contribution in [-0.4, -0.2) is 35.0 Å². The summed E-state index contributed by atoms with van der Waals surface area (Å²) in [7, 11) is 0. The topological polar surface area (TPSA) is 93.4 Å². The van der Waals surface area contributed by atoms with E-state index in [0.29, 0.717) is 34.5 Å². The van der Waals surface area contributed by atoms with E-state index in [1.807, 2.05) is 6.07 Å². The number of nitriles is 1. The molecule has 4 rings (SSSR count). The van der Waals surface area contributed by atoms with Gasteiger partial charge in [0, 0.05) is 29.3 Å². The average molecular weight is 408 g/mol. The third-order valence-electron chi connectivity index (χ3n) is 6.73. The van der Waals surface area contributed by atoms with E-state index >= 15 is 0 Å². The molecule has 0 radical (unpaired) electrons. The minimum atomic E-state index is -0.251. The van der Waals surface area contributed by atoms with Gasteiger partial charge in [-0.2, -0.15) is 5.26 Å². The van der Waals surface area contributed by atoms with Crippen molar-refractivity contribution in [3.63, 3.8) is 0 Å². The third-order valence-corrected chi connectivity index (χ3v) is 6.73. The maximum Gasteiger partial charge on any atom is 0.254 e. The molecule has 6 heteroatoms. The Morgan fingerprint density at radius 2 is 1.90 bits per heavy atom. The normalized spacial score (nSPS) is 28.4. The third kappa shape index (κ3) is 3.63. The predicted molar refractivity (Wildman–Crippen MR) is 115 cm³/mol. The molecule has 1 heterocycles. The first kappa shape index (κ1) is 20.6. The first-order valence-corrected chi connectivity index (χ1v) is 10.8. The molecule has 2 N–H and O–H groups in total. The van der Waals surface area contributed by atoms with Crippen molar-refractivity contribution in [2.24, 2.45) is 5.41 Å². The van der Waals surface area contributed by atoms with Crippen molar-refractivity contribution in [2.75, 3.05) is 10.2 Å². The van der Waals surface area contributed by atoms with Crippen molar-refractivity contribution >= 4 is 23.1 Å². The number of amides is 1. The predicted octanol–water partition coefficient (Wildman–Crippen LogP) is 3.69. The van der Waals surface area contributed by atoms with E-state index in [0.717, 1.165) is 32.1 Å². The fourth-order valence-corrected chi connectivity index (χ4v) is 5.17. The highest BCUT2D eigenvalue weighted by Gasteiger charge is 2.47. The van der Waals surface area contributed by atoms with E-state index in [4.69, 9.17) is 0 Å². The lowest BCUT2D eigenvalue weighted by Crippen LogP contribution is -2.43. The number of hydrogen-bond acceptors (Lipinski definition) is 5. The lowest BCUT2D eigenvalue weighted by atomic mass is 9.72. The van der Waals surface area contributed by atoms with Gasteiger partial charge in [0.1, 0.15) is 6.07 Å². The van der Waals surface area contributed by atoms with Gasteiger partial charge in [0.05, 0.1) is 23.4 Å². The lowest BCUT2D eigenvalue weighted by Gasteiger charge is -2.38. The Balaban J connectivity index is 1.66. The molecule has 3 aliphatic rings. The summed E-state index contributed by atoms with van der Waals surface area (Å²) in [5.41, 5.74) is 2.98. The Morgan fingerprint density at radius 1 is 1.20 bits per heavy atom. The number of nitrogens with one attached hydrogen (secondary N) is 1. The molecule has 1 aromatic carbocycles. The highest BCUT2D eigenvalue weighted by molar-refractivity contribution is 6.18. The van der Waals surface area contributed by atoms with Gasteiger partial charge in [-0.25, -0.2) is 0 Å². The van der Waals surface area contributed by atoms with Crippen molar-refractivity contribution in [1.29, 1.82) is 5.26 Å². The molecule has 1 unspecified atom stereocenters. The number of carbonyl (C=O) groups is 2. The Kier molecular flexibility index (Phi) is 5.19. The van der Waals surface area contributed by atoms with Gasteiger partial charge in [-0.1, -0.05) is 13.8 Å². The van der Waals surface area contributed by atoms with Crippen molar-refractivity contribution in [2.45, 2.75) is 77.5 Å². The molecule has 2 fully saturated rings. The maximum absolute atomic E-state index is 13.1. The van der Waals surface area contributed by atoms with E-state index < -0.39 is 0 Å². The molecule has 6 nitrogen and oxygen atoms in total. The van der Waals surface area contributed by atoms with Crippen molar-refractivity contribution < 1.29 is 14.7 Å². The summed E-state index contributed by atoms with van der Waals surface area (Å²) in [6, 6.07) is 7.57. The monoisotopic (exact) mass is 407 g/mol. The van der Waals surface area contributed by atoms with Crippen LogP contribution >= 0.6 is 0 Å².